The third kappa shape index (κ3) is 4.76. The van der Waals surface area contributed by atoms with E-state index in [1.807, 2.05) is 18.2 Å². The number of likely N-dealkylation sites (tertiary alicyclic amines) is 1. The summed E-state index contributed by atoms with van der Waals surface area (Å²) < 4.78 is 28.5. The predicted octanol–water partition coefficient (Wildman–Crippen LogP) is 3.15. The zero-order valence-corrected chi connectivity index (χ0v) is 16.9. The first-order chi connectivity index (χ1) is 13.3. The molecular weight excluding hydrogens is 378 g/mol. The van der Waals surface area contributed by atoms with E-state index in [2.05, 4.69) is 21.8 Å². The third-order valence-electron chi connectivity index (χ3n) is 5.26. The van der Waals surface area contributed by atoms with Gasteiger partial charge in [0.05, 0.1) is 9.82 Å². The molecule has 7 nitrogen and oxygen atoms in total. The lowest BCUT2D eigenvalue weighted by atomic mass is 10.1. The average molecular weight is 404 g/mol. The van der Waals surface area contributed by atoms with Gasteiger partial charge < -0.3 is 0 Å². The Morgan fingerprint density at radius 1 is 1.14 bits per heavy atom. The van der Waals surface area contributed by atoms with E-state index in [0.29, 0.717) is 24.0 Å². The highest BCUT2D eigenvalue weighted by Gasteiger charge is 2.27. The molecule has 3 rings (SSSR count). The maximum atomic E-state index is 12.9. The van der Waals surface area contributed by atoms with Crippen molar-refractivity contribution in [3.8, 4) is 0 Å². The second kappa shape index (κ2) is 8.38. The van der Waals surface area contributed by atoms with E-state index < -0.39 is 14.9 Å². The first-order valence-electron chi connectivity index (χ1n) is 9.30. The van der Waals surface area contributed by atoms with Gasteiger partial charge in [0.15, 0.2) is 0 Å². The van der Waals surface area contributed by atoms with Crippen molar-refractivity contribution in [3.05, 3.63) is 69.3 Å². The SMILES string of the molecule is Cc1cc([N+](=O)[O-])cc(S(=O)(=O)NC2CCN(Cc3ccccc3)CC2)c1C. The molecule has 0 bridgehead atoms. The van der Waals surface area contributed by atoms with Crippen LogP contribution in [0.15, 0.2) is 47.4 Å². The molecule has 1 aliphatic rings. The number of nitro benzene ring substituents is 1. The van der Waals surface area contributed by atoms with Crippen molar-refractivity contribution in [2.24, 2.45) is 0 Å². The van der Waals surface area contributed by atoms with Gasteiger partial charge in [-0.2, -0.15) is 0 Å². The van der Waals surface area contributed by atoms with Crippen LogP contribution in [0.1, 0.15) is 29.5 Å². The van der Waals surface area contributed by atoms with Gasteiger partial charge in [0.25, 0.3) is 5.69 Å². The zero-order chi connectivity index (χ0) is 20.3. The second-order valence-corrected chi connectivity index (χ2v) is 8.98. The summed E-state index contributed by atoms with van der Waals surface area (Å²) in [6.45, 7) is 5.81. The van der Waals surface area contributed by atoms with Crippen LogP contribution in [-0.4, -0.2) is 37.4 Å². The standard InChI is InChI=1S/C20H25N3O4S/c1-15-12-19(23(24)25)13-20(16(15)2)28(26,27)21-18-8-10-22(11-9-18)14-17-6-4-3-5-7-17/h3-7,12-13,18,21H,8-11,14H2,1-2H3. The van der Waals surface area contributed by atoms with Gasteiger partial charge in [-0.25, -0.2) is 13.1 Å². The number of non-ortho nitro benzene ring substituents is 1. The van der Waals surface area contributed by atoms with Crippen molar-refractivity contribution in [3.63, 3.8) is 0 Å². The lowest BCUT2D eigenvalue weighted by Crippen LogP contribution is -2.44. The van der Waals surface area contributed by atoms with Crippen LogP contribution in [0, 0.1) is 24.0 Å². The Hall–Kier alpha value is -2.29. The highest BCUT2D eigenvalue weighted by molar-refractivity contribution is 7.89. The number of nitrogens with zero attached hydrogens (tertiary/aromatic N) is 2. The van der Waals surface area contributed by atoms with Crippen molar-refractivity contribution in [1.29, 1.82) is 0 Å². The van der Waals surface area contributed by atoms with Crippen molar-refractivity contribution >= 4 is 15.7 Å². The third-order valence-corrected chi connectivity index (χ3v) is 6.91. The van der Waals surface area contributed by atoms with E-state index >= 15 is 0 Å². The average Bonchev–Trinajstić information content (AvgIpc) is 2.65. The van der Waals surface area contributed by atoms with Gasteiger partial charge in [-0.15, -0.1) is 0 Å². The van der Waals surface area contributed by atoms with Crippen molar-refractivity contribution in [2.45, 2.75) is 44.2 Å². The Kier molecular flexibility index (Phi) is 6.12. The zero-order valence-electron chi connectivity index (χ0n) is 16.1. The molecule has 1 saturated heterocycles. The molecule has 1 N–H and O–H groups in total. The highest BCUT2D eigenvalue weighted by Crippen LogP contribution is 2.26. The predicted molar refractivity (Wildman–Crippen MR) is 108 cm³/mol. The smallest absolute Gasteiger partial charge is 0.271 e. The van der Waals surface area contributed by atoms with Crippen LogP contribution < -0.4 is 4.72 Å². The van der Waals surface area contributed by atoms with Crippen LogP contribution in [0.4, 0.5) is 5.69 Å². The van der Waals surface area contributed by atoms with Crippen LogP contribution in [0.2, 0.25) is 0 Å². The number of rotatable bonds is 6. The monoisotopic (exact) mass is 403 g/mol. The van der Waals surface area contributed by atoms with E-state index in [9.17, 15) is 18.5 Å². The maximum Gasteiger partial charge on any atom is 0.271 e. The summed E-state index contributed by atoms with van der Waals surface area (Å²) in [4.78, 5) is 12.8. The van der Waals surface area contributed by atoms with Crippen LogP contribution >= 0.6 is 0 Å². The summed E-state index contributed by atoms with van der Waals surface area (Å²) in [5.74, 6) is 0. The summed E-state index contributed by atoms with van der Waals surface area (Å²) in [6, 6.07) is 12.6. The molecule has 2 aromatic carbocycles. The van der Waals surface area contributed by atoms with Crippen molar-refractivity contribution < 1.29 is 13.3 Å². The molecular formula is C20H25N3O4S. The van der Waals surface area contributed by atoms with Crippen molar-refractivity contribution in [2.75, 3.05) is 13.1 Å². The van der Waals surface area contributed by atoms with E-state index in [1.165, 1.54) is 11.6 Å². The Bertz CT molecular complexity index is 953. The van der Waals surface area contributed by atoms with Gasteiger partial charge in [0.2, 0.25) is 10.0 Å². The number of aryl methyl sites for hydroxylation is 1. The first kappa shape index (κ1) is 20.4. The number of benzene rings is 2. The van der Waals surface area contributed by atoms with Crippen molar-refractivity contribution in [1.82, 2.24) is 9.62 Å². The Balaban J connectivity index is 1.67. The number of nitrogens with one attached hydrogen (secondary N) is 1. The van der Waals surface area contributed by atoms with Crippen LogP contribution in [0.3, 0.4) is 0 Å². The topological polar surface area (TPSA) is 92.5 Å². The van der Waals surface area contributed by atoms with E-state index in [4.69, 9.17) is 0 Å². The fourth-order valence-corrected chi connectivity index (χ4v) is 5.17. The molecule has 1 aliphatic heterocycles. The van der Waals surface area contributed by atoms with Gasteiger partial charge >= 0.3 is 0 Å². The lowest BCUT2D eigenvalue weighted by Gasteiger charge is -2.32. The number of piperidine rings is 1. The van der Waals surface area contributed by atoms with E-state index in [-0.39, 0.29) is 16.6 Å². The molecule has 0 unspecified atom stereocenters. The molecule has 0 atom stereocenters. The fourth-order valence-electron chi connectivity index (χ4n) is 3.53. The Labute approximate surface area is 165 Å². The summed E-state index contributed by atoms with van der Waals surface area (Å²) in [5.41, 5.74) is 2.16. The molecule has 2 aromatic rings. The summed E-state index contributed by atoms with van der Waals surface area (Å²) in [6.07, 6.45) is 1.41. The van der Waals surface area contributed by atoms with Crippen LogP contribution in [0.5, 0.6) is 0 Å². The minimum Gasteiger partial charge on any atom is -0.299 e. The maximum absolute atomic E-state index is 12.9. The molecule has 1 fully saturated rings. The van der Waals surface area contributed by atoms with E-state index in [1.54, 1.807) is 13.8 Å². The largest absolute Gasteiger partial charge is 0.299 e. The molecule has 0 spiro atoms. The number of nitro groups is 1. The Morgan fingerprint density at radius 3 is 2.39 bits per heavy atom. The van der Waals surface area contributed by atoms with Gasteiger partial charge in [-0.05, 0) is 43.4 Å². The molecule has 0 aliphatic carbocycles. The second-order valence-electron chi connectivity index (χ2n) is 7.30. The van der Waals surface area contributed by atoms with Gasteiger partial charge in [0.1, 0.15) is 0 Å². The molecule has 0 saturated carbocycles. The number of sulfonamides is 1. The first-order valence-corrected chi connectivity index (χ1v) is 10.8. The molecule has 0 radical (unpaired) electrons. The van der Waals surface area contributed by atoms with Gasteiger partial charge in [-0.3, -0.25) is 15.0 Å². The van der Waals surface area contributed by atoms with Crippen LogP contribution in [0.25, 0.3) is 0 Å². The quantitative estimate of drug-likeness (QED) is 0.591. The van der Waals surface area contributed by atoms with Crippen LogP contribution in [-0.2, 0) is 16.6 Å². The van der Waals surface area contributed by atoms with E-state index in [0.717, 1.165) is 25.7 Å². The molecule has 28 heavy (non-hydrogen) atoms. The summed E-state index contributed by atoms with van der Waals surface area (Å²) in [5, 5.41) is 11.1. The Morgan fingerprint density at radius 2 is 1.79 bits per heavy atom. The number of hydrogen-bond acceptors (Lipinski definition) is 5. The van der Waals surface area contributed by atoms with Gasteiger partial charge in [0, 0.05) is 37.8 Å². The van der Waals surface area contributed by atoms with Gasteiger partial charge in [-0.1, -0.05) is 30.3 Å². The molecule has 150 valence electrons. The minimum absolute atomic E-state index is 0.00841. The molecule has 1 heterocycles. The molecule has 0 aromatic heterocycles. The summed E-state index contributed by atoms with van der Waals surface area (Å²) in [7, 11) is -3.82. The fraction of sp³-hybridized carbons (Fsp3) is 0.400. The number of hydrogen-bond donors (Lipinski definition) is 1. The normalized spacial score (nSPS) is 16.2. The molecule has 8 heteroatoms. The highest BCUT2D eigenvalue weighted by atomic mass is 32.2. The summed E-state index contributed by atoms with van der Waals surface area (Å²) >= 11 is 0. The molecule has 0 amide bonds. The lowest BCUT2D eigenvalue weighted by molar-refractivity contribution is -0.385. The minimum atomic E-state index is -3.82.